The molecule has 0 spiro atoms. The molecule has 1 aliphatic heterocycles. The molecule has 0 fully saturated rings. The molecule has 3 amide bonds. The average Bonchev–Trinajstić information content (AvgIpc) is 2.62. The number of hydrogen-bond acceptors (Lipinski definition) is 5. The van der Waals surface area contributed by atoms with Crippen molar-refractivity contribution in [2.45, 2.75) is 32.8 Å². The van der Waals surface area contributed by atoms with Gasteiger partial charge in [0, 0.05) is 24.2 Å². The van der Waals surface area contributed by atoms with Crippen molar-refractivity contribution < 1.29 is 28.2 Å². The van der Waals surface area contributed by atoms with Gasteiger partial charge >= 0.3 is 6.09 Å². The third-order valence-electron chi connectivity index (χ3n) is 4.03. The fourth-order valence-electron chi connectivity index (χ4n) is 2.74. The van der Waals surface area contributed by atoms with E-state index in [0.717, 1.165) is 5.56 Å². The van der Waals surface area contributed by atoms with Crippen LogP contribution in [0.3, 0.4) is 0 Å². The number of nitrogens with one attached hydrogen (secondary N) is 1. The molecule has 0 unspecified atom stereocenters. The molecule has 8 nitrogen and oxygen atoms in total. The monoisotopic (exact) mass is 407 g/mol. The molecule has 1 aliphatic rings. The number of carbonyl (C=O) groups excluding carboxylic acids is 3. The Morgan fingerprint density at radius 1 is 1.34 bits per heavy atom. The second kappa shape index (κ2) is 9.40. The van der Waals surface area contributed by atoms with Crippen molar-refractivity contribution in [1.29, 1.82) is 0 Å². The lowest BCUT2D eigenvalue weighted by Gasteiger charge is -2.27. The summed E-state index contributed by atoms with van der Waals surface area (Å²) in [7, 11) is 0. The number of rotatable bonds is 7. The maximum absolute atomic E-state index is 13.1. The van der Waals surface area contributed by atoms with Crippen LogP contribution >= 0.6 is 0 Å². The molecule has 158 valence electrons. The van der Waals surface area contributed by atoms with Gasteiger partial charge in [0.15, 0.2) is 0 Å². The van der Waals surface area contributed by atoms with Crippen LogP contribution in [0.4, 0.5) is 9.18 Å². The summed E-state index contributed by atoms with van der Waals surface area (Å²) in [5, 5.41) is 2.47. The highest BCUT2D eigenvalue weighted by Crippen LogP contribution is 2.24. The van der Waals surface area contributed by atoms with Gasteiger partial charge in [-0.15, -0.1) is 0 Å². The number of alkyl carbamates (subject to hydrolysis) is 1. The Hall–Kier alpha value is -3.10. The predicted molar refractivity (Wildman–Crippen MR) is 104 cm³/mol. The number of fused-ring (bicyclic) bond motifs is 1. The number of nitrogens with two attached hydrogens (primary N) is 1. The first-order chi connectivity index (χ1) is 13.6. The number of benzene rings is 1. The lowest BCUT2D eigenvalue weighted by Crippen LogP contribution is -2.42. The van der Waals surface area contributed by atoms with E-state index < -0.39 is 17.6 Å². The van der Waals surface area contributed by atoms with Crippen LogP contribution in [0.15, 0.2) is 30.1 Å². The predicted octanol–water partition coefficient (Wildman–Crippen LogP) is 1.93. The summed E-state index contributed by atoms with van der Waals surface area (Å²) < 4.78 is 23.8. The van der Waals surface area contributed by atoms with Gasteiger partial charge in [-0.05, 0) is 51.0 Å². The first kappa shape index (κ1) is 22.2. The van der Waals surface area contributed by atoms with Crippen LogP contribution in [0.5, 0.6) is 5.75 Å². The van der Waals surface area contributed by atoms with E-state index in [-0.39, 0.29) is 31.2 Å². The number of primary amides is 1. The van der Waals surface area contributed by atoms with Gasteiger partial charge in [-0.3, -0.25) is 9.59 Å². The highest BCUT2D eigenvalue weighted by molar-refractivity contribution is 5.98. The second-order valence-electron chi connectivity index (χ2n) is 7.67. The van der Waals surface area contributed by atoms with Crippen LogP contribution in [0, 0.1) is 0 Å². The number of carbonyl (C=O) groups is 3. The van der Waals surface area contributed by atoms with Crippen molar-refractivity contribution in [1.82, 2.24) is 10.2 Å². The Kier molecular flexibility index (Phi) is 7.19. The first-order valence-electron chi connectivity index (χ1n) is 9.17. The zero-order valence-corrected chi connectivity index (χ0v) is 16.8. The van der Waals surface area contributed by atoms with E-state index >= 15 is 0 Å². The number of ether oxygens (including phenoxy) is 2. The van der Waals surface area contributed by atoms with Crippen LogP contribution < -0.4 is 15.8 Å². The number of halogens is 1. The van der Waals surface area contributed by atoms with Crippen molar-refractivity contribution >= 4 is 17.9 Å². The largest absolute Gasteiger partial charge is 0.489 e. The third kappa shape index (κ3) is 6.78. The fourth-order valence-corrected chi connectivity index (χ4v) is 2.74. The standard InChI is InChI=1S/C20H26FN3O5/c1-20(2,3)29-19(27)23-10-13(9-21)12-28-15-4-5-16-14(8-15)6-7-24(18(16)26)11-17(22)25/h4-5,8-9H,6-7,10-12H2,1-3H3,(H2,22,25)(H,23,27)/b13-9+. The Balaban J connectivity index is 1.92. The van der Waals surface area contributed by atoms with E-state index in [2.05, 4.69) is 5.32 Å². The summed E-state index contributed by atoms with van der Waals surface area (Å²) in [4.78, 5) is 36.5. The second-order valence-corrected chi connectivity index (χ2v) is 7.67. The molecule has 0 aliphatic carbocycles. The van der Waals surface area contributed by atoms with Gasteiger partial charge in [-0.1, -0.05) is 0 Å². The van der Waals surface area contributed by atoms with Gasteiger partial charge < -0.3 is 25.4 Å². The van der Waals surface area contributed by atoms with E-state index in [0.29, 0.717) is 30.6 Å². The Morgan fingerprint density at radius 2 is 2.07 bits per heavy atom. The van der Waals surface area contributed by atoms with E-state index in [1.54, 1.807) is 39.0 Å². The molecule has 3 N–H and O–H groups in total. The minimum atomic E-state index is -0.648. The van der Waals surface area contributed by atoms with E-state index in [1.807, 2.05) is 0 Å². The van der Waals surface area contributed by atoms with E-state index in [9.17, 15) is 18.8 Å². The maximum atomic E-state index is 13.1. The zero-order chi connectivity index (χ0) is 21.6. The zero-order valence-electron chi connectivity index (χ0n) is 16.8. The summed E-state index contributed by atoms with van der Waals surface area (Å²) in [6, 6.07) is 4.92. The van der Waals surface area contributed by atoms with Crippen LogP contribution in [-0.4, -0.2) is 54.6 Å². The molecule has 0 aromatic heterocycles. The Morgan fingerprint density at radius 3 is 2.69 bits per heavy atom. The lowest BCUT2D eigenvalue weighted by atomic mass is 9.98. The van der Waals surface area contributed by atoms with E-state index in [1.165, 1.54) is 4.90 Å². The topological polar surface area (TPSA) is 111 Å². The van der Waals surface area contributed by atoms with Crippen molar-refractivity contribution in [3.05, 3.63) is 41.2 Å². The van der Waals surface area contributed by atoms with Gasteiger partial charge in [0.25, 0.3) is 5.91 Å². The lowest BCUT2D eigenvalue weighted by molar-refractivity contribution is -0.118. The van der Waals surface area contributed by atoms with Crippen molar-refractivity contribution in [3.8, 4) is 5.75 Å². The molecule has 1 heterocycles. The minimum Gasteiger partial charge on any atom is -0.489 e. The van der Waals surface area contributed by atoms with Crippen LogP contribution in [-0.2, 0) is 16.0 Å². The molecule has 0 bridgehead atoms. The van der Waals surface area contributed by atoms with Crippen LogP contribution in [0.2, 0.25) is 0 Å². The molecule has 0 saturated carbocycles. The molecule has 9 heteroatoms. The van der Waals surface area contributed by atoms with E-state index in [4.69, 9.17) is 15.2 Å². The summed E-state index contributed by atoms with van der Waals surface area (Å²) in [6.07, 6.45) is 0.281. The van der Waals surface area contributed by atoms with Gasteiger partial charge in [-0.25, -0.2) is 9.18 Å². The van der Waals surface area contributed by atoms with Crippen molar-refractivity contribution in [2.24, 2.45) is 5.73 Å². The number of nitrogens with zero attached hydrogens (tertiary/aromatic N) is 1. The number of amides is 3. The molecular weight excluding hydrogens is 381 g/mol. The maximum Gasteiger partial charge on any atom is 0.407 e. The van der Waals surface area contributed by atoms with Gasteiger partial charge in [0.1, 0.15) is 18.0 Å². The van der Waals surface area contributed by atoms with Crippen molar-refractivity contribution in [3.63, 3.8) is 0 Å². The minimum absolute atomic E-state index is 0.0586. The Labute approximate surface area is 168 Å². The van der Waals surface area contributed by atoms with Crippen LogP contribution in [0.1, 0.15) is 36.7 Å². The van der Waals surface area contributed by atoms with Gasteiger partial charge in [0.2, 0.25) is 5.91 Å². The quantitative estimate of drug-likeness (QED) is 0.717. The molecule has 1 aromatic rings. The fraction of sp³-hybridized carbons (Fsp3) is 0.450. The Bertz CT molecular complexity index is 817. The molecule has 29 heavy (non-hydrogen) atoms. The van der Waals surface area contributed by atoms with Gasteiger partial charge in [-0.2, -0.15) is 0 Å². The molecule has 2 rings (SSSR count). The third-order valence-corrected chi connectivity index (χ3v) is 4.03. The first-order valence-corrected chi connectivity index (χ1v) is 9.17. The molecular formula is C20H26FN3O5. The van der Waals surface area contributed by atoms with Crippen molar-refractivity contribution in [2.75, 3.05) is 26.2 Å². The highest BCUT2D eigenvalue weighted by atomic mass is 19.1. The molecule has 1 aromatic carbocycles. The number of hydrogen-bond donors (Lipinski definition) is 2. The average molecular weight is 407 g/mol. The summed E-state index contributed by atoms with van der Waals surface area (Å²) in [6.45, 7) is 5.32. The normalized spacial score (nSPS) is 14.3. The SMILES string of the molecule is CC(C)(C)OC(=O)NC/C(=C\F)COc1ccc2c(c1)CCN(CC(N)=O)C2=O. The molecule has 0 saturated heterocycles. The summed E-state index contributed by atoms with van der Waals surface area (Å²) in [5.41, 5.74) is 6.00. The highest BCUT2D eigenvalue weighted by Gasteiger charge is 2.25. The van der Waals surface area contributed by atoms with Gasteiger partial charge in [0.05, 0.1) is 12.9 Å². The molecule has 0 atom stereocenters. The molecule has 0 radical (unpaired) electrons. The summed E-state index contributed by atoms with van der Waals surface area (Å²) in [5.74, 6) is -0.355. The smallest absolute Gasteiger partial charge is 0.407 e. The van der Waals surface area contributed by atoms with Crippen LogP contribution in [0.25, 0.3) is 0 Å². The summed E-state index contributed by atoms with van der Waals surface area (Å²) >= 11 is 0.